The van der Waals surface area contributed by atoms with Crippen LogP contribution in [0.4, 0.5) is 11.5 Å². The number of aromatic nitrogens is 1. The Morgan fingerprint density at radius 1 is 0.750 bits per heavy atom. The highest BCUT2D eigenvalue weighted by atomic mass is 16.5. The molecule has 2 N–H and O–H groups in total. The molecule has 4 aromatic carbocycles. The van der Waals surface area contributed by atoms with Crippen LogP contribution in [0.15, 0.2) is 138 Å². The molecule has 0 aliphatic carbocycles. The number of amides is 1. The summed E-state index contributed by atoms with van der Waals surface area (Å²) in [6, 6.07) is 40.1. The molecule has 9 nitrogen and oxygen atoms in total. The maximum Gasteiger partial charge on any atom is 0.255 e. The van der Waals surface area contributed by atoms with Gasteiger partial charge in [-0.2, -0.15) is 5.10 Å². The molecule has 1 fully saturated rings. The van der Waals surface area contributed by atoms with Gasteiger partial charge < -0.3 is 14.5 Å². The van der Waals surface area contributed by atoms with Gasteiger partial charge in [0, 0.05) is 30.5 Å². The van der Waals surface area contributed by atoms with E-state index in [1.165, 1.54) is 6.42 Å². The number of hydrazone groups is 1. The predicted molar refractivity (Wildman–Crippen MR) is 187 cm³/mol. The Labute approximate surface area is 280 Å². The van der Waals surface area contributed by atoms with Crippen LogP contribution in [0.3, 0.4) is 0 Å². The van der Waals surface area contributed by atoms with E-state index in [9.17, 15) is 4.79 Å². The number of benzene rings is 4. The molecule has 0 bridgehead atoms. The van der Waals surface area contributed by atoms with Gasteiger partial charge in [-0.1, -0.05) is 91.0 Å². The molecule has 2 aliphatic heterocycles. The fourth-order valence-electron chi connectivity index (χ4n) is 6.59. The van der Waals surface area contributed by atoms with Gasteiger partial charge in [-0.15, -0.1) is 5.11 Å². The molecule has 1 amide bonds. The Kier molecular flexibility index (Phi) is 8.91. The van der Waals surface area contributed by atoms with Gasteiger partial charge >= 0.3 is 0 Å². The van der Waals surface area contributed by atoms with Crippen molar-refractivity contribution in [2.45, 2.75) is 24.8 Å². The lowest BCUT2D eigenvalue weighted by atomic mass is 9.77. The molecule has 2 aliphatic rings. The maximum atomic E-state index is 13.1. The summed E-state index contributed by atoms with van der Waals surface area (Å²) in [5, 5.41) is 8.63. The number of rotatable bonds is 8. The van der Waals surface area contributed by atoms with Crippen molar-refractivity contribution in [3.8, 4) is 5.75 Å². The Morgan fingerprint density at radius 2 is 1.33 bits per heavy atom. The zero-order valence-electron chi connectivity index (χ0n) is 26.6. The number of fused-ring (bicyclic) bond motifs is 1. The summed E-state index contributed by atoms with van der Waals surface area (Å²) >= 11 is 0. The molecule has 5 aromatic rings. The minimum Gasteiger partial charge on any atom is -0.488 e. The third-order valence-electron chi connectivity index (χ3n) is 9.04. The largest absolute Gasteiger partial charge is 0.488 e. The Morgan fingerprint density at radius 3 is 1.90 bits per heavy atom. The van der Waals surface area contributed by atoms with Gasteiger partial charge in [-0.25, -0.2) is 10.5 Å². The van der Waals surface area contributed by atoms with Crippen LogP contribution >= 0.6 is 0 Å². The Hall–Kier alpha value is -5.83. The average Bonchev–Trinajstić information content (AvgIpc) is 3.17. The van der Waals surface area contributed by atoms with Crippen LogP contribution in [0.5, 0.6) is 5.75 Å². The van der Waals surface area contributed by atoms with Crippen LogP contribution in [0, 0.1) is 5.53 Å². The van der Waals surface area contributed by atoms with Crippen LogP contribution in [0.25, 0.3) is 0 Å². The number of amidine groups is 1. The van der Waals surface area contributed by atoms with Crippen molar-refractivity contribution in [2.24, 2.45) is 10.2 Å². The van der Waals surface area contributed by atoms with Crippen LogP contribution in [-0.2, 0) is 5.54 Å². The summed E-state index contributed by atoms with van der Waals surface area (Å²) in [5.41, 5.74) is 15.9. The summed E-state index contributed by atoms with van der Waals surface area (Å²) in [6.07, 6.45) is 4.89. The van der Waals surface area contributed by atoms with E-state index in [4.69, 9.17) is 15.4 Å². The van der Waals surface area contributed by atoms with Gasteiger partial charge in [0.1, 0.15) is 12.1 Å². The summed E-state index contributed by atoms with van der Waals surface area (Å²) in [4.78, 5) is 21.8. The van der Waals surface area contributed by atoms with Crippen molar-refractivity contribution >= 4 is 23.2 Å². The lowest BCUT2D eigenvalue weighted by Gasteiger charge is -2.35. The van der Waals surface area contributed by atoms with Crippen LogP contribution in [0.1, 0.15) is 51.9 Å². The fourth-order valence-corrected chi connectivity index (χ4v) is 6.59. The molecule has 1 saturated heterocycles. The SMILES string of the molecule is N=N/C(=N\NC(c1ccccc1)(c1ccccc1)c1ccccc1)c1ccc(N2CCOc3cc(C(=O)N4CCCCC4)cnc32)cc1. The molecule has 3 heterocycles. The van der Waals surface area contributed by atoms with Crippen molar-refractivity contribution < 1.29 is 9.53 Å². The van der Waals surface area contributed by atoms with Crippen molar-refractivity contribution in [1.29, 1.82) is 5.53 Å². The second-order valence-electron chi connectivity index (χ2n) is 12.0. The summed E-state index contributed by atoms with van der Waals surface area (Å²) in [6.45, 7) is 2.65. The molecule has 240 valence electrons. The number of hydrogen-bond donors (Lipinski definition) is 2. The number of carbonyl (C=O) groups excluding carboxylic acids is 1. The summed E-state index contributed by atoms with van der Waals surface area (Å²) in [5.74, 6) is 1.52. The highest BCUT2D eigenvalue weighted by Gasteiger charge is 2.36. The first-order valence-electron chi connectivity index (χ1n) is 16.4. The van der Waals surface area contributed by atoms with E-state index in [-0.39, 0.29) is 11.7 Å². The van der Waals surface area contributed by atoms with Gasteiger partial charge in [0.05, 0.1) is 12.1 Å². The van der Waals surface area contributed by atoms with Gasteiger partial charge in [0.2, 0.25) is 0 Å². The van der Waals surface area contributed by atoms with Crippen molar-refractivity contribution in [3.63, 3.8) is 0 Å². The highest BCUT2D eigenvalue weighted by molar-refractivity contribution is 5.99. The van der Waals surface area contributed by atoms with E-state index in [2.05, 4.69) is 56.8 Å². The molecule has 9 heteroatoms. The number of nitrogens with one attached hydrogen (secondary N) is 2. The second-order valence-corrected chi connectivity index (χ2v) is 12.0. The van der Waals surface area contributed by atoms with Gasteiger partial charge in [0.25, 0.3) is 5.91 Å². The van der Waals surface area contributed by atoms with Gasteiger partial charge in [-0.05, 0) is 66.3 Å². The minimum atomic E-state index is -0.836. The molecule has 7 rings (SSSR count). The lowest BCUT2D eigenvalue weighted by molar-refractivity contribution is 0.0723. The topological polar surface area (TPSA) is 106 Å². The Bertz CT molecular complexity index is 1800. The molecule has 0 atom stereocenters. The smallest absolute Gasteiger partial charge is 0.255 e. The normalized spacial score (nSPS) is 14.9. The van der Waals surface area contributed by atoms with E-state index >= 15 is 0 Å². The summed E-state index contributed by atoms with van der Waals surface area (Å²) < 4.78 is 5.96. The van der Waals surface area contributed by atoms with E-state index < -0.39 is 5.54 Å². The van der Waals surface area contributed by atoms with E-state index in [1.807, 2.05) is 89.8 Å². The molecule has 0 saturated carbocycles. The molecule has 0 spiro atoms. The predicted octanol–water partition coefficient (Wildman–Crippen LogP) is 7.51. The summed E-state index contributed by atoms with van der Waals surface area (Å²) in [7, 11) is 0. The third kappa shape index (κ3) is 6.02. The molecular weight excluding hydrogens is 598 g/mol. The molecule has 48 heavy (non-hydrogen) atoms. The number of ether oxygens (including phenoxy) is 1. The number of carbonyl (C=O) groups is 1. The fraction of sp³-hybridized carbons (Fsp3) is 0.205. The number of anilines is 2. The molecular formula is C39H37N7O2. The first-order chi connectivity index (χ1) is 23.7. The average molecular weight is 636 g/mol. The van der Waals surface area contributed by atoms with E-state index in [1.54, 1.807) is 6.20 Å². The molecule has 0 unspecified atom stereocenters. The van der Waals surface area contributed by atoms with Crippen molar-refractivity contribution in [2.75, 3.05) is 31.1 Å². The monoisotopic (exact) mass is 635 g/mol. The van der Waals surface area contributed by atoms with Crippen molar-refractivity contribution in [3.05, 3.63) is 155 Å². The number of pyridine rings is 1. The number of piperidine rings is 1. The van der Waals surface area contributed by atoms with E-state index in [0.717, 1.165) is 48.3 Å². The third-order valence-corrected chi connectivity index (χ3v) is 9.04. The van der Waals surface area contributed by atoms with Crippen LogP contribution in [0.2, 0.25) is 0 Å². The zero-order chi connectivity index (χ0) is 32.8. The quantitative estimate of drug-likeness (QED) is 0.0604. The van der Waals surface area contributed by atoms with E-state index in [0.29, 0.717) is 35.8 Å². The van der Waals surface area contributed by atoms with Gasteiger partial charge in [-0.3, -0.25) is 10.2 Å². The van der Waals surface area contributed by atoms with Gasteiger partial charge in [0.15, 0.2) is 17.4 Å². The standard InChI is InChI=1S/C39H37N7O2/c40-42-36(43-44-39(31-13-5-1-6-14-31,32-15-7-2-8-16-32)33-17-9-3-10-18-33)29-19-21-34(22-20-29)46-25-26-48-35-27-30(28-41-37(35)46)38(47)45-23-11-4-12-24-45/h1-3,5-10,13-22,27-28,40,44H,4,11-12,23-26H2/b42-40?,43-36-. The zero-order valence-corrected chi connectivity index (χ0v) is 26.6. The Balaban J connectivity index is 1.18. The second kappa shape index (κ2) is 13.9. The lowest BCUT2D eigenvalue weighted by Crippen LogP contribution is -2.42. The molecule has 0 radical (unpaired) electrons. The minimum absolute atomic E-state index is 0.00505. The number of hydrogen-bond acceptors (Lipinski definition) is 7. The van der Waals surface area contributed by atoms with Crippen molar-refractivity contribution in [1.82, 2.24) is 15.3 Å². The van der Waals surface area contributed by atoms with Crippen LogP contribution in [-0.4, -0.2) is 47.9 Å². The first-order valence-corrected chi connectivity index (χ1v) is 16.4. The number of likely N-dealkylation sites (tertiary alicyclic amines) is 1. The van der Waals surface area contributed by atoms with Crippen LogP contribution < -0.4 is 15.1 Å². The first kappa shape index (κ1) is 30.8. The highest BCUT2D eigenvalue weighted by Crippen LogP contribution is 2.38. The maximum absolute atomic E-state index is 13.1. The number of nitrogens with zero attached hydrogens (tertiary/aromatic N) is 5. The molecule has 1 aromatic heterocycles.